The molecule has 4 rings (SSSR count). The number of carbonyl (C=O) groups is 1. The molecule has 2 aromatic carbocycles. The van der Waals surface area contributed by atoms with E-state index in [9.17, 15) is 4.79 Å². The molecule has 126 valence electrons. The summed E-state index contributed by atoms with van der Waals surface area (Å²) in [6.45, 7) is 3.64. The summed E-state index contributed by atoms with van der Waals surface area (Å²) in [5.41, 5.74) is 3.83. The highest BCUT2D eigenvalue weighted by Gasteiger charge is 2.27. The first-order valence-corrected chi connectivity index (χ1v) is 9.41. The molecular formula is C21H21N2OS+. The molecule has 0 aliphatic carbocycles. The van der Waals surface area contributed by atoms with Crippen LogP contribution in [0.1, 0.15) is 31.2 Å². The molecule has 0 radical (unpaired) electrons. The summed E-state index contributed by atoms with van der Waals surface area (Å²) in [6.07, 6.45) is 0. The van der Waals surface area contributed by atoms with Crippen molar-refractivity contribution in [1.29, 1.82) is 0 Å². The van der Waals surface area contributed by atoms with E-state index < -0.39 is 0 Å². The van der Waals surface area contributed by atoms with Crippen LogP contribution in [0.2, 0.25) is 0 Å². The summed E-state index contributed by atoms with van der Waals surface area (Å²) in [5, 5.41) is 3.02. The highest BCUT2D eigenvalue weighted by atomic mass is 32.1. The van der Waals surface area contributed by atoms with E-state index in [1.807, 2.05) is 30.3 Å². The molecule has 4 heteroatoms. The van der Waals surface area contributed by atoms with Gasteiger partial charge in [0.25, 0.3) is 5.91 Å². The van der Waals surface area contributed by atoms with Crippen LogP contribution in [-0.2, 0) is 26.2 Å². The number of quaternary nitrogens is 1. The van der Waals surface area contributed by atoms with Crippen LogP contribution in [0.3, 0.4) is 0 Å². The average molecular weight is 349 g/mol. The van der Waals surface area contributed by atoms with Crippen LogP contribution >= 0.6 is 11.3 Å². The standard InChI is InChI=1S/C21H20N2OS/c24-21(22-12-16-7-3-1-4-8-16)19-11-18-14-23(15-20(18)25-19)13-17-9-5-2-6-10-17/h1-11H,12-15H2,(H,22,24)/p+1. The molecule has 1 aromatic heterocycles. The van der Waals surface area contributed by atoms with Crippen LogP contribution in [0.5, 0.6) is 0 Å². The summed E-state index contributed by atoms with van der Waals surface area (Å²) < 4.78 is 0. The molecule has 25 heavy (non-hydrogen) atoms. The molecule has 2 heterocycles. The van der Waals surface area contributed by atoms with Crippen molar-refractivity contribution in [2.24, 2.45) is 0 Å². The lowest BCUT2D eigenvalue weighted by Crippen LogP contribution is -3.06. The summed E-state index contributed by atoms with van der Waals surface area (Å²) >= 11 is 1.65. The molecule has 1 amide bonds. The molecule has 1 aliphatic heterocycles. The van der Waals surface area contributed by atoms with Crippen molar-refractivity contribution in [3.05, 3.63) is 93.2 Å². The molecule has 0 spiro atoms. The number of hydrogen-bond donors (Lipinski definition) is 2. The van der Waals surface area contributed by atoms with Gasteiger partial charge in [-0.05, 0) is 11.6 Å². The highest BCUT2D eigenvalue weighted by Crippen LogP contribution is 2.24. The lowest BCUT2D eigenvalue weighted by atomic mass is 10.2. The minimum atomic E-state index is 0.0351. The van der Waals surface area contributed by atoms with Crippen molar-refractivity contribution in [3.63, 3.8) is 0 Å². The third kappa shape index (κ3) is 3.81. The van der Waals surface area contributed by atoms with Crippen LogP contribution in [-0.4, -0.2) is 5.91 Å². The van der Waals surface area contributed by atoms with E-state index in [0.29, 0.717) is 6.54 Å². The molecular weight excluding hydrogens is 328 g/mol. The summed E-state index contributed by atoms with van der Waals surface area (Å²) in [7, 11) is 0. The van der Waals surface area contributed by atoms with Crippen molar-refractivity contribution in [2.75, 3.05) is 0 Å². The van der Waals surface area contributed by atoms with Crippen molar-refractivity contribution < 1.29 is 9.69 Å². The Hall–Kier alpha value is -2.43. The third-order valence-electron chi connectivity index (χ3n) is 4.56. The molecule has 1 atom stereocenters. The van der Waals surface area contributed by atoms with Gasteiger partial charge in [-0.1, -0.05) is 60.7 Å². The molecule has 0 saturated heterocycles. The predicted octanol–water partition coefficient (Wildman–Crippen LogP) is 2.78. The lowest BCUT2D eigenvalue weighted by Gasteiger charge is -2.12. The number of fused-ring (bicyclic) bond motifs is 1. The van der Waals surface area contributed by atoms with Gasteiger partial charge in [-0.15, -0.1) is 11.3 Å². The van der Waals surface area contributed by atoms with Crippen molar-refractivity contribution in [2.45, 2.75) is 26.2 Å². The Balaban J connectivity index is 1.35. The molecule has 0 fully saturated rings. The molecule has 1 aliphatic rings. The van der Waals surface area contributed by atoms with Gasteiger partial charge >= 0.3 is 0 Å². The fourth-order valence-corrected chi connectivity index (χ4v) is 4.48. The minimum absolute atomic E-state index is 0.0351. The predicted molar refractivity (Wildman–Crippen MR) is 100 cm³/mol. The minimum Gasteiger partial charge on any atom is -0.347 e. The Morgan fingerprint density at radius 3 is 2.32 bits per heavy atom. The normalized spacial score (nSPS) is 15.8. The van der Waals surface area contributed by atoms with Crippen LogP contribution in [0.4, 0.5) is 0 Å². The van der Waals surface area contributed by atoms with E-state index in [1.54, 1.807) is 16.2 Å². The van der Waals surface area contributed by atoms with Gasteiger partial charge in [-0.25, -0.2) is 0 Å². The SMILES string of the molecule is O=C(NCc1ccccc1)c1cc2c(s1)C[NH+](Cc1ccccc1)C2. The first-order valence-electron chi connectivity index (χ1n) is 8.59. The second-order valence-corrected chi connectivity index (χ2v) is 7.63. The largest absolute Gasteiger partial charge is 0.347 e. The zero-order chi connectivity index (χ0) is 17.1. The molecule has 3 nitrogen and oxygen atoms in total. The van der Waals surface area contributed by atoms with E-state index >= 15 is 0 Å². The van der Waals surface area contributed by atoms with Gasteiger partial charge in [0.05, 0.1) is 9.75 Å². The van der Waals surface area contributed by atoms with Gasteiger partial charge in [0.15, 0.2) is 0 Å². The Morgan fingerprint density at radius 1 is 0.960 bits per heavy atom. The van der Waals surface area contributed by atoms with Gasteiger partial charge in [-0.2, -0.15) is 0 Å². The molecule has 0 saturated carbocycles. The highest BCUT2D eigenvalue weighted by molar-refractivity contribution is 7.14. The van der Waals surface area contributed by atoms with Gasteiger partial charge in [0, 0.05) is 17.7 Å². The maximum Gasteiger partial charge on any atom is 0.261 e. The number of rotatable bonds is 5. The van der Waals surface area contributed by atoms with Crippen molar-refractivity contribution in [1.82, 2.24) is 5.32 Å². The quantitative estimate of drug-likeness (QED) is 0.730. The van der Waals surface area contributed by atoms with E-state index in [0.717, 1.165) is 30.1 Å². The van der Waals surface area contributed by atoms with E-state index in [1.165, 1.54) is 16.0 Å². The maximum absolute atomic E-state index is 12.4. The molecule has 1 unspecified atom stereocenters. The lowest BCUT2D eigenvalue weighted by molar-refractivity contribution is -0.934. The fraction of sp³-hybridized carbons (Fsp3) is 0.190. The number of nitrogens with one attached hydrogen (secondary N) is 2. The number of benzene rings is 2. The van der Waals surface area contributed by atoms with E-state index in [-0.39, 0.29) is 5.91 Å². The van der Waals surface area contributed by atoms with Crippen LogP contribution in [0, 0.1) is 0 Å². The van der Waals surface area contributed by atoms with Gasteiger partial charge < -0.3 is 10.2 Å². The molecule has 2 N–H and O–H groups in total. The number of thiophene rings is 1. The molecule has 0 bridgehead atoms. The van der Waals surface area contributed by atoms with E-state index in [2.05, 4.69) is 41.7 Å². The number of amides is 1. The summed E-state index contributed by atoms with van der Waals surface area (Å²) in [6, 6.07) is 22.7. The van der Waals surface area contributed by atoms with Crippen LogP contribution < -0.4 is 10.2 Å². The first kappa shape index (κ1) is 16.1. The van der Waals surface area contributed by atoms with E-state index in [4.69, 9.17) is 0 Å². The second kappa shape index (κ2) is 7.21. The smallest absolute Gasteiger partial charge is 0.261 e. The number of hydrogen-bond acceptors (Lipinski definition) is 2. The number of carbonyl (C=O) groups excluding carboxylic acids is 1. The fourth-order valence-electron chi connectivity index (χ4n) is 3.31. The second-order valence-electron chi connectivity index (χ2n) is 6.49. The average Bonchev–Trinajstić information content (AvgIpc) is 3.20. The van der Waals surface area contributed by atoms with Crippen molar-refractivity contribution >= 4 is 17.2 Å². The molecule has 3 aromatic rings. The topological polar surface area (TPSA) is 33.5 Å². The zero-order valence-electron chi connectivity index (χ0n) is 14.0. The Kier molecular flexibility index (Phi) is 4.63. The first-order chi connectivity index (χ1) is 12.3. The Labute approximate surface area is 151 Å². The van der Waals surface area contributed by atoms with Gasteiger partial charge in [0.2, 0.25) is 0 Å². The summed E-state index contributed by atoms with van der Waals surface area (Å²) in [4.78, 5) is 16.1. The third-order valence-corrected chi connectivity index (χ3v) is 5.74. The monoisotopic (exact) mass is 349 g/mol. The Morgan fingerprint density at radius 2 is 1.64 bits per heavy atom. The zero-order valence-corrected chi connectivity index (χ0v) is 14.8. The van der Waals surface area contributed by atoms with Crippen LogP contribution in [0.15, 0.2) is 66.7 Å². The van der Waals surface area contributed by atoms with Crippen molar-refractivity contribution in [3.8, 4) is 0 Å². The maximum atomic E-state index is 12.4. The van der Waals surface area contributed by atoms with Crippen LogP contribution in [0.25, 0.3) is 0 Å². The Bertz CT molecular complexity index is 835. The van der Waals surface area contributed by atoms with Gasteiger partial charge in [0.1, 0.15) is 19.6 Å². The van der Waals surface area contributed by atoms with Gasteiger partial charge in [-0.3, -0.25) is 4.79 Å². The summed E-state index contributed by atoms with van der Waals surface area (Å²) in [5.74, 6) is 0.0351.